The van der Waals surface area contributed by atoms with Crippen LogP contribution in [0, 0.1) is 0 Å². The molecule has 0 aliphatic carbocycles. The Morgan fingerprint density at radius 1 is 1.03 bits per heavy atom. The maximum absolute atomic E-state index is 9.57. The lowest BCUT2D eigenvalue weighted by atomic mass is 9.90. The van der Waals surface area contributed by atoms with Crippen molar-refractivity contribution in [1.82, 2.24) is 0 Å². The van der Waals surface area contributed by atoms with E-state index < -0.39 is 5.54 Å². The van der Waals surface area contributed by atoms with Crippen molar-refractivity contribution in [2.24, 2.45) is 5.73 Å². The molecule has 0 radical (unpaired) electrons. The monoisotopic (exact) mass is 489 g/mol. The van der Waals surface area contributed by atoms with Gasteiger partial charge < -0.3 is 15.6 Å². The van der Waals surface area contributed by atoms with Gasteiger partial charge in [0.15, 0.2) is 0 Å². The predicted octanol–water partition coefficient (Wildman–Crippen LogP) is 6.69. The third-order valence-electron chi connectivity index (χ3n) is 5.09. The average Bonchev–Trinajstić information content (AvgIpc) is 2.79. The Morgan fingerprint density at radius 3 is 2.34 bits per heavy atom. The minimum atomic E-state index is -0.650. The van der Waals surface area contributed by atoms with Gasteiger partial charge in [-0.2, -0.15) is 0 Å². The molecule has 6 heteroatoms. The Bertz CT molecular complexity index is 983. The van der Waals surface area contributed by atoms with Gasteiger partial charge in [-0.1, -0.05) is 65.8 Å². The Hall–Kier alpha value is -1.95. The van der Waals surface area contributed by atoms with Crippen LogP contribution in [0.4, 0.5) is 0 Å². The minimum absolute atomic E-state index is 0. The van der Waals surface area contributed by atoms with Crippen LogP contribution in [0.5, 0.6) is 5.75 Å². The molecular weight excluding hydrogens is 461 g/mol. The number of ether oxygens (including phenoxy) is 1. The van der Waals surface area contributed by atoms with E-state index in [0.717, 1.165) is 26.7 Å². The summed E-state index contributed by atoms with van der Waals surface area (Å²) in [5, 5.41) is 10.3. The van der Waals surface area contributed by atoms with E-state index in [-0.39, 0.29) is 19.0 Å². The van der Waals surface area contributed by atoms with Crippen LogP contribution < -0.4 is 10.5 Å². The van der Waals surface area contributed by atoms with E-state index in [1.165, 1.54) is 0 Å². The fourth-order valence-electron chi connectivity index (χ4n) is 3.19. The van der Waals surface area contributed by atoms with Gasteiger partial charge >= 0.3 is 0 Å². The van der Waals surface area contributed by atoms with E-state index in [0.29, 0.717) is 30.9 Å². The molecule has 0 heterocycles. The quantitative estimate of drug-likeness (QED) is 0.294. The van der Waals surface area contributed by atoms with Gasteiger partial charge in [-0.05, 0) is 66.8 Å². The first-order valence-corrected chi connectivity index (χ1v) is 11.4. The summed E-state index contributed by atoms with van der Waals surface area (Å²) in [4.78, 5) is 2.18. The second-order valence-corrected chi connectivity index (χ2v) is 9.17. The second-order valence-electron chi connectivity index (χ2n) is 7.61. The van der Waals surface area contributed by atoms with Gasteiger partial charge in [0.25, 0.3) is 0 Å². The zero-order valence-corrected chi connectivity index (χ0v) is 20.3. The van der Waals surface area contributed by atoms with E-state index in [2.05, 4.69) is 12.6 Å². The number of aliphatic hydroxyl groups excluding tert-OH is 1. The van der Waals surface area contributed by atoms with Crippen LogP contribution in [-0.2, 0) is 13.0 Å². The molecular formula is C26H29Cl2NO2S. The number of halogens is 2. The number of aryl methyl sites for hydroxylation is 1. The summed E-state index contributed by atoms with van der Waals surface area (Å²) in [5.74, 6) is 0.843. The fraction of sp³-hybridized carbons (Fsp3) is 0.231. The Balaban J connectivity index is 0.00000363. The van der Waals surface area contributed by atoms with Crippen molar-refractivity contribution >= 4 is 35.8 Å². The number of rotatable bonds is 11. The van der Waals surface area contributed by atoms with Crippen LogP contribution in [0.25, 0.3) is 0 Å². The Morgan fingerprint density at radius 2 is 1.72 bits per heavy atom. The van der Waals surface area contributed by atoms with Gasteiger partial charge in [0.05, 0.1) is 6.61 Å². The summed E-state index contributed by atoms with van der Waals surface area (Å²) < 4.78 is 5.85. The number of benzene rings is 3. The van der Waals surface area contributed by atoms with Gasteiger partial charge in [0.1, 0.15) is 12.4 Å². The SMILES string of the molecule is C=CCC(N)(CO)CCc1ccc(Sc2ccc(OCc3ccccc3)cc2)cc1Cl.Cl. The standard InChI is InChI=1S/C26H28ClNO2S.ClH/c1-2-15-26(28,19-29)16-14-21-8-11-24(17-25(21)27)31-23-12-9-22(10-13-23)30-18-20-6-4-3-5-7-20;/h2-13,17,29H,1,14-16,18-19,28H2;1H. The highest BCUT2D eigenvalue weighted by molar-refractivity contribution is 7.99. The molecule has 0 amide bonds. The molecule has 170 valence electrons. The molecule has 0 aliphatic rings. The lowest BCUT2D eigenvalue weighted by molar-refractivity contribution is 0.188. The van der Waals surface area contributed by atoms with Crippen molar-refractivity contribution in [3.05, 3.63) is 102 Å². The number of nitrogens with two attached hydrogens (primary N) is 1. The molecule has 3 nitrogen and oxygen atoms in total. The van der Waals surface area contributed by atoms with E-state index >= 15 is 0 Å². The van der Waals surface area contributed by atoms with Crippen LogP contribution in [0.1, 0.15) is 24.0 Å². The van der Waals surface area contributed by atoms with Crippen molar-refractivity contribution < 1.29 is 9.84 Å². The van der Waals surface area contributed by atoms with Crippen molar-refractivity contribution in [1.29, 1.82) is 0 Å². The van der Waals surface area contributed by atoms with Gasteiger partial charge in [-0.3, -0.25) is 0 Å². The summed E-state index contributed by atoms with van der Waals surface area (Å²) in [6.45, 7) is 4.20. The van der Waals surface area contributed by atoms with Crippen molar-refractivity contribution in [2.75, 3.05) is 6.61 Å². The number of aliphatic hydroxyl groups is 1. The topological polar surface area (TPSA) is 55.5 Å². The number of hydrogen-bond donors (Lipinski definition) is 2. The summed E-state index contributed by atoms with van der Waals surface area (Å²) in [6, 6.07) is 24.3. The third kappa shape index (κ3) is 7.88. The first kappa shape index (κ1) is 26.3. The fourth-order valence-corrected chi connectivity index (χ4v) is 4.39. The molecule has 3 N–H and O–H groups in total. The summed E-state index contributed by atoms with van der Waals surface area (Å²) in [6.07, 6.45) is 3.67. The van der Waals surface area contributed by atoms with Crippen LogP contribution in [0.2, 0.25) is 5.02 Å². The second kappa shape index (κ2) is 12.9. The summed E-state index contributed by atoms with van der Waals surface area (Å²) in [7, 11) is 0. The molecule has 0 bridgehead atoms. The molecule has 32 heavy (non-hydrogen) atoms. The summed E-state index contributed by atoms with van der Waals surface area (Å²) >= 11 is 8.16. The average molecular weight is 490 g/mol. The molecule has 0 saturated carbocycles. The van der Waals surface area contributed by atoms with Crippen molar-refractivity contribution in [3.8, 4) is 5.75 Å². The third-order valence-corrected chi connectivity index (χ3v) is 6.44. The van der Waals surface area contributed by atoms with Crippen LogP contribution in [0.3, 0.4) is 0 Å². The number of hydrogen-bond acceptors (Lipinski definition) is 4. The molecule has 0 saturated heterocycles. The molecule has 3 aromatic rings. The normalized spacial score (nSPS) is 12.5. The molecule has 0 aromatic heterocycles. The predicted molar refractivity (Wildman–Crippen MR) is 137 cm³/mol. The maximum atomic E-state index is 9.57. The highest BCUT2D eigenvalue weighted by Gasteiger charge is 2.22. The first-order valence-electron chi connectivity index (χ1n) is 10.2. The van der Waals surface area contributed by atoms with Crippen molar-refractivity contribution in [3.63, 3.8) is 0 Å². The molecule has 0 spiro atoms. The van der Waals surface area contributed by atoms with E-state index in [1.54, 1.807) is 17.8 Å². The molecule has 0 fully saturated rings. The zero-order valence-electron chi connectivity index (χ0n) is 17.9. The molecule has 3 aromatic carbocycles. The van der Waals surface area contributed by atoms with Gasteiger partial charge in [-0.25, -0.2) is 0 Å². The molecule has 0 aliphatic heterocycles. The Labute approximate surface area is 206 Å². The highest BCUT2D eigenvalue weighted by atomic mass is 35.5. The largest absolute Gasteiger partial charge is 0.489 e. The lowest BCUT2D eigenvalue weighted by Gasteiger charge is -2.26. The van der Waals surface area contributed by atoms with Crippen LogP contribution in [0.15, 0.2) is 95.2 Å². The minimum Gasteiger partial charge on any atom is -0.489 e. The van der Waals surface area contributed by atoms with Gasteiger partial charge in [-0.15, -0.1) is 19.0 Å². The molecule has 1 atom stereocenters. The lowest BCUT2D eigenvalue weighted by Crippen LogP contribution is -2.43. The van der Waals surface area contributed by atoms with E-state index in [1.807, 2.05) is 66.7 Å². The van der Waals surface area contributed by atoms with Crippen LogP contribution >= 0.6 is 35.8 Å². The Kier molecular flexibility index (Phi) is 10.6. The first-order chi connectivity index (χ1) is 15.0. The van der Waals surface area contributed by atoms with E-state index in [4.69, 9.17) is 22.1 Å². The maximum Gasteiger partial charge on any atom is 0.119 e. The molecule has 3 rings (SSSR count). The van der Waals surface area contributed by atoms with E-state index in [9.17, 15) is 5.11 Å². The van der Waals surface area contributed by atoms with Gasteiger partial charge in [0.2, 0.25) is 0 Å². The summed E-state index contributed by atoms with van der Waals surface area (Å²) in [5.41, 5.74) is 7.75. The van der Waals surface area contributed by atoms with Crippen molar-refractivity contribution in [2.45, 2.75) is 41.2 Å². The highest BCUT2D eigenvalue weighted by Crippen LogP contribution is 2.32. The molecule has 1 unspecified atom stereocenters. The smallest absolute Gasteiger partial charge is 0.119 e. The van der Waals surface area contributed by atoms with Gasteiger partial charge in [0, 0.05) is 20.4 Å². The van der Waals surface area contributed by atoms with Crippen LogP contribution in [-0.4, -0.2) is 17.3 Å². The zero-order chi connectivity index (χ0) is 22.1.